The van der Waals surface area contributed by atoms with Gasteiger partial charge in [-0.3, -0.25) is 9.78 Å². The number of anilines is 1. The van der Waals surface area contributed by atoms with Crippen molar-refractivity contribution < 1.29 is 9.53 Å². The van der Waals surface area contributed by atoms with Crippen molar-refractivity contribution in [1.29, 1.82) is 0 Å². The van der Waals surface area contributed by atoms with Crippen molar-refractivity contribution in [2.75, 3.05) is 32.1 Å². The van der Waals surface area contributed by atoms with Crippen LogP contribution in [0, 0.1) is 6.92 Å². The molecule has 0 aliphatic heterocycles. The largest absolute Gasteiger partial charge is 0.385 e. The van der Waals surface area contributed by atoms with Crippen LogP contribution < -0.4 is 5.32 Å². The van der Waals surface area contributed by atoms with E-state index in [0.717, 1.165) is 17.9 Å². The Morgan fingerprint density at radius 2 is 2.20 bits per heavy atom. The molecule has 1 aromatic heterocycles. The molecule has 1 aromatic rings. The molecular weight excluding hydrogens is 254 g/mol. The second-order valence-corrected chi connectivity index (χ2v) is 5.05. The number of likely N-dealkylation sites (N-methyl/N-ethyl adjacent to an activating group) is 1. The minimum absolute atomic E-state index is 0.0409. The number of hydrogen-bond acceptors (Lipinski definition) is 4. The predicted octanol–water partition coefficient (Wildman–Crippen LogP) is 2.32. The molecule has 0 aromatic carbocycles. The summed E-state index contributed by atoms with van der Waals surface area (Å²) in [5.41, 5.74) is 2.33. The lowest BCUT2D eigenvalue weighted by Crippen LogP contribution is -2.31. The Morgan fingerprint density at radius 1 is 1.50 bits per heavy atom. The molecule has 0 aliphatic rings. The van der Waals surface area contributed by atoms with Gasteiger partial charge < -0.3 is 15.0 Å². The van der Waals surface area contributed by atoms with Crippen LogP contribution in [-0.2, 0) is 4.74 Å². The van der Waals surface area contributed by atoms with Gasteiger partial charge in [-0.2, -0.15) is 0 Å². The molecule has 1 rings (SSSR count). The Morgan fingerprint density at radius 3 is 2.80 bits per heavy atom. The molecule has 5 nitrogen and oxygen atoms in total. The molecule has 0 bridgehead atoms. The van der Waals surface area contributed by atoms with Gasteiger partial charge in [0.2, 0.25) is 0 Å². The van der Waals surface area contributed by atoms with Gasteiger partial charge in [0.1, 0.15) is 0 Å². The predicted molar refractivity (Wildman–Crippen MR) is 81.2 cm³/mol. The summed E-state index contributed by atoms with van der Waals surface area (Å²) in [4.78, 5) is 18.3. The zero-order valence-electron chi connectivity index (χ0n) is 13.1. The van der Waals surface area contributed by atoms with Gasteiger partial charge in [0.25, 0.3) is 5.91 Å². The minimum Gasteiger partial charge on any atom is -0.385 e. The van der Waals surface area contributed by atoms with Crippen LogP contribution in [0.5, 0.6) is 0 Å². The summed E-state index contributed by atoms with van der Waals surface area (Å²) < 4.78 is 5.47. The van der Waals surface area contributed by atoms with E-state index in [-0.39, 0.29) is 12.0 Å². The average Bonchev–Trinajstić information content (AvgIpc) is 2.38. The maximum Gasteiger partial charge on any atom is 0.257 e. The van der Waals surface area contributed by atoms with Crippen LogP contribution in [0.4, 0.5) is 5.69 Å². The highest BCUT2D eigenvalue weighted by Gasteiger charge is 2.16. The molecule has 1 N–H and O–H groups in total. The summed E-state index contributed by atoms with van der Waals surface area (Å²) in [6, 6.07) is 1.90. The van der Waals surface area contributed by atoms with Gasteiger partial charge in [0.05, 0.1) is 24.0 Å². The molecular formula is C15H25N3O2. The maximum absolute atomic E-state index is 12.4. The number of hydrogen-bond donors (Lipinski definition) is 1. The summed E-state index contributed by atoms with van der Waals surface area (Å²) in [6.45, 7) is 9.75. The van der Waals surface area contributed by atoms with E-state index in [1.165, 1.54) is 0 Å². The van der Waals surface area contributed by atoms with Gasteiger partial charge >= 0.3 is 0 Å². The highest BCUT2D eigenvalue weighted by atomic mass is 16.5. The number of carbonyl (C=O) groups is 1. The first-order valence-electron chi connectivity index (χ1n) is 7.03. The fourth-order valence-electron chi connectivity index (χ4n) is 1.80. The molecule has 0 saturated heterocycles. The number of aryl methyl sites for hydroxylation is 1. The number of pyridine rings is 1. The van der Waals surface area contributed by atoms with Crippen molar-refractivity contribution in [2.45, 2.75) is 33.8 Å². The van der Waals surface area contributed by atoms with E-state index < -0.39 is 0 Å². The summed E-state index contributed by atoms with van der Waals surface area (Å²) in [5.74, 6) is -0.0409. The highest BCUT2D eigenvalue weighted by Crippen LogP contribution is 2.17. The van der Waals surface area contributed by atoms with E-state index in [1.807, 2.05) is 33.8 Å². The zero-order valence-corrected chi connectivity index (χ0v) is 13.1. The van der Waals surface area contributed by atoms with Crippen LogP contribution in [0.25, 0.3) is 0 Å². The van der Waals surface area contributed by atoms with Crippen LogP contribution >= 0.6 is 0 Å². The van der Waals surface area contributed by atoms with Gasteiger partial charge in [-0.15, -0.1) is 0 Å². The zero-order chi connectivity index (χ0) is 15.1. The van der Waals surface area contributed by atoms with Crippen molar-refractivity contribution in [1.82, 2.24) is 9.88 Å². The molecule has 0 unspecified atom stereocenters. The Bertz CT molecular complexity index is 447. The number of rotatable bonds is 7. The standard InChI is InChI=1S/C15H25N3O2/c1-6-16-14-9-12(4)17-10-13(14)15(19)18(5)7-8-20-11(2)3/h9-11H,6-8H2,1-5H3,(H,16,17). The number of carbonyl (C=O) groups excluding carboxylic acids is 1. The Balaban J connectivity index is 2.75. The number of aromatic nitrogens is 1. The smallest absolute Gasteiger partial charge is 0.257 e. The van der Waals surface area contributed by atoms with Gasteiger partial charge in [-0.25, -0.2) is 0 Å². The van der Waals surface area contributed by atoms with Crippen LogP contribution in [0.1, 0.15) is 36.8 Å². The van der Waals surface area contributed by atoms with E-state index in [9.17, 15) is 4.79 Å². The molecule has 0 spiro atoms. The topological polar surface area (TPSA) is 54.5 Å². The number of amides is 1. The van der Waals surface area contributed by atoms with Crippen molar-refractivity contribution in [3.8, 4) is 0 Å². The lowest BCUT2D eigenvalue weighted by atomic mass is 10.2. The van der Waals surface area contributed by atoms with Crippen molar-refractivity contribution in [3.05, 3.63) is 23.5 Å². The minimum atomic E-state index is -0.0409. The van der Waals surface area contributed by atoms with Crippen LogP contribution in [0.15, 0.2) is 12.3 Å². The van der Waals surface area contributed by atoms with Crippen molar-refractivity contribution >= 4 is 11.6 Å². The molecule has 1 amide bonds. The van der Waals surface area contributed by atoms with Crippen molar-refractivity contribution in [3.63, 3.8) is 0 Å². The molecule has 1 heterocycles. The lowest BCUT2D eigenvalue weighted by molar-refractivity contribution is 0.0532. The molecule has 0 saturated carbocycles. The summed E-state index contributed by atoms with van der Waals surface area (Å²) >= 11 is 0. The number of nitrogens with one attached hydrogen (secondary N) is 1. The van der Waals surface area contributed by atoms with Gasteiger partial charge in [-0.05, 0) is 33.8 Å². The third-order valence-corrected chi connectivity index (χ3v) is 2.86. The molecule has 0 radical (unpaired) electrons. The molecule has 112 valence electrons. The molecule has 20 heavy (non-hydrogen) atoms. The third-order valence-electron chi connectivity index (χ3n) is 2.86. The number of ether oxygens (including phenoxy) is 1. The monoisotopic (exact) mass is 279 g/mol. The van der Waals surface area contributed by atoms with E-state index in [2.05, 4.69) is 10.3 Å². The van der Waals surface area contributed by atoms with Gasteiger partial charge in [0.15, 0.2) is 0 Å². The average molecular weight is 279 g/mol. The first kappa shape index (κ1) is 16.4. The van der Waals surface area contributed by atoms with E-state index in [0.29, 0.717) is 18.7 Å². The molecule has 0 atom stereocenters. The Kier molecular flexibility index (Phi) is 6.45. The van der Waals surface area contributed by atoms with Crippen LogP contribution in [-0.4, -0.2) is 48.6 Å². The second kappa shape index (κ2) is 7.85. The SMILES string of the molecule is CCNc1cc(C)ncc1C(=O)N(C)CCOC(C)C. The number of nitrogens with zero attached hydrogens (tertiary/aromatic N) is 2. The first-order chi connectivity index (χ1) is 9.45. The molecule has 0 fully saturated rings. The fourth-order valence-corrected chi connectivity index (χ4v) is 1.80. The second-order valence-electron chi connectivity index (χ2n) is 5.05. The van der Waals surface area contributed by atoms with E-state index >= 15 is 0 Å². The Hall–Kier alpha value is -1.62. The normalized spacial score (nSPS) is 10.7. The van der Waals surface area contributed by atoms with E-state index in [1.54, 1.807) is 18.1 Å². The lowest BCUT2D eigenvalue weighted by Gasteiger charge is -2.20. The first-order valence-corrected chi connectivity index (χ1v) is 7.03. The summed E-state index contributed by atoms with van der Waals surface area (Å²) in [6.07, 6.45) is 1.81. The summed E-state index contributed by atoms with van der Waals surface area (Å²) in [5, 5.41) is 3.21. The Labute approximate surface area is 121 Å². The fraction of sp³-hybridized carbons (Fsp3) is 0.600. The molecule has 0 aliphatic carbocycles. The third kappa shape index (κ3) is 4.81. The van der Waals surface area contributed by atoms with Gasteiger partial charge in [0, 0.05) is 32.0 Å². The maximum atomic E-state index is 12.4. The quantitative estimate of drug-likeness (QED) is 0.832. The van der Waals surface area contributed by atoms with Gasteiger partial charge in [-0.1, -0.05) is 0 Å². The van der Waals surface area contributed by atoms with Crippen molar-refractivity contribution in [2.24, 2.45) is 0 Å². The highest BCUT2D eigenvalue weighted by molar-refractivity contribution is 5.99. The van der Waals surface area contributed by atoms with Crippen LogP contribution in [0.3, 0.4) is 0 Å². The molecule has 5 heteroatoms. The summed E-state index contributed by atoms with van der Waals surface area (Å²) in [7, 11) is 1.78. The van der Waals surface area contributed by atoms with Crippen LogP contribution in [0.2, 0.25) is 0 Å². The van der Waals surface area contributed by atoms with E-state index in [4.69, 9.17) is 4.74 Å².